The Hall–Kier alpha value is -1.79. The molecule has 0 amide bonds. The van der Waals surface area contributed by atoms with Crippen molar-refractivity contribution in [1.29, 1.82) is 0 Å². The number of hydrogen-bond acceptors (Lipinski definition) is 5. The van der Waals surface area contributed by atoms with Gasteiger partial charge in [-0.3, -0.25) is 0 Å². The van der Waals surface area contributed by atoms with E-state index < -0.39 is 10.1 Å². The zero-order valence-corrected chi connectivity index (χ0v) is 10.6. The van der Waals surface area contributed by atoms with Gasteiger partial charge in [0.2, 0.25) is 0 Å². The third-order valence-corrected chi connectivity index (χ3v) is 3.79. The number of nitrogen functional groups attached to an aromatic ring is 1. The molecule has 18 heavy (non-hydrogen) atoms. The van der Waals surface area contributed by atoms with Crippen molar-refractivity contribution in [1.82, 2.24) is 4.98 Å². The predicted molar refractivity (Wildman–Crippen MR) is 67.9 cm³/mol. The second kappa shape index (κ2) is 4.83. The van der Waals surface area contributed by atoms with Crippen LogP contribution in [-0.2, 0) is 10.1 Å². The minimum absolute atomic E-state index is 0.0532. The van der Waals surface area contributed by atoms with Gasteiger partial charge >= 0.3 is 10.1 Å². The van der Waals surface area contributed by atoms with Crippen LogP contribution in [0.3, 0.4) is 0 Å². The smallest absolute Gasteiger partial charge is 0.342 e. The third-order valence-electron chi connectivity index (χ3n) is 2.11. The molecule has 1 aromatic heterocycles. The highest BCUT2D eigenvalue weighted by atomic mass is 35.5. The molecule has 0 aliphatic rings. The fourth-order valence-electron chi connectivity index (χ4n) is 1.28. The van der Waals surface area contributed by atoms with Crippen molar-refractivity contribution in [2.75, 3.05) is 5.73 Å². The summed E-state index contributed by atoms with van der Waals surface area (Å²) in [6.07, 6.45) is 1.39. The van der Waals surface area contributed by atoms with E-state index in [1.807, 2.05) is 0 Å². The summed E-state index contributed by atoms with van der Waals surface area (Å²) in [5.74, 6) is 0.0532. The van der Waals surface area contributed by atoms with Gasteiger partial charge < -0.3 is 9.92 Å². The summed E-state index contributed by atoms with van der Waals surface area (Å²) < 4.78 is 28.9. The van der Waals surface area contributed by atoms with E-state index >= 15 is 0 Å². The topological polar surface area (TPSA) is 82.3 Å². The van der Waals surface area contributed by atoms with Crippen molar-refractivity contribution in [2.45, 2.75) is 4.90 Å². The summed E-state index contributed by atoms with van der Waals surface area (Å²) in [6.45, 7) is 0. The Morgan fingerprint density at radius 3 is 2.56 bits per heavy atom. The first-order chi connectivity index (χ1) is 8.50. The Bertz CT molecular complexity index is 673. The molecule has 0 aliphatic heterocycles. The number of para-hydroxylation sites is 2. The van der Waals surface area contributed by atoms with Gasteiger partial charge in [0.1, 0.15) is 4.90 Å². The molecule has 94 valence electrons. The lowest BCUT2D eigenvalue weighted by atomic mass is 10.3. The maximum absolute atomic E-state index is 12.0. The Balaban J connectivity index is 2.40. The van der Waals surface area contributed by atoms with E-state index in [4.69, 9.17) is 21.5 Å². The summed E-state index contributed by atoms with van der Waals surface area (Å²) in [5, 5.41) is -0.146. The van der Waals surface area contributed by atoms with Crippen LogP contribution in [0, 0.1) is 0 Å². The summed E-state index contributed by atoms with van der Waals surface area (Å²) in [7, 11) is -4.04. The molecule has 7 heteroatoms. The number of nitrogens with two attached hydrogens (primary N) is 1. The number of anilines is 1. The fourth-order valence-corrected chi connectivity index (χ4v) is 2.66. The lowest BCUT2D eigenvalue weighted by molar-refractivity contribution is 0.487. The molecule has 0 saturated carbocycles. The molecule has 2 aromatic rings. The van der Waals surface area contributed by atoms with E-state index in [0.29, 0.717) is 0 Å². The number of hydrogen-bond donors (Lipinski definition) is 1. The molecule has 2 rings (SSSR count). The molecule has 2 N–H and O–H groups in total. The average molecular weight is 285 g/mol. The highest BCUT2D eigenvalue weighted by Crippen LogP contribution is 2.26. The van der Waals surface area contributed by atoms with E-state index in [9.17, 15) is 8.42 Å². The minimum atomic E-state index is -4.04. The molecular formula is C11H9ClN2O3S. The van der Waals surface area contributed by atoms with Crippen LogP contribution in [0.2, 0.25) is 5.15 Å². The van der Waals surface area contributed by atoms with E-state index in [1.54, 1.807) is 12.1 Å². The Labute approximate surface area is 109 Å². The molecule has 0 radical (unpaired) electrons. The highest BCUT2D eigenvalue weighted by molar-refractivity contribution is 7.87. The van der Waals surface area contributed by atoms with E-state index in [1.165, 1.54) is 30.5 Å². The van der Waals surface area contributed by atoms with Gasteiger partial charge in [0, 0.05) is 6.20 Å². The molecule has 1 heterocycles. The van der Waals surface area contributed by atoms with Gasteiger partial charge in [-0.05, 0) is 24.3 Å². The van der Waals surface area contributed by atoms with E-state index in [0.717, 1.165) is 0 Å². The Morgan fingerprint density at radius 2 is 1.89 bits per heavy atom. The van der Waals surface area contributed by atoms with Gasteiger partial charge in [0.15, 0.2) is 10.9 Å². The Morgan fingerprint density at radius 1 is 1.17 bits per heavy atom. The van der Waals surface area contributed by atoms with Crippen LogP contribution in [0.15, 0.2) is 47.5 Å². The summed E-state index contributed by atoms with van der Waals surface area (Å²) in [4.78, 5) is 3.49. The van der Waals surface area contributed by atoms with Crippen molar-refractivity contribution < 1.29 is 12.6 Å². The lowest BCUT2D eigenvalue weighted by Gasteiger charge is -2.09. The zero-order valence-electron chi connectivity index (χ0n) is 9.08. The molecule has 0 bridgehead atoms. The number of rotatable bonds is 3. The maximum atomic E-state index is 12.0. The molecule has 0 spiro atoms. The van der Waals surface area contributed by atoms with Crippen LogP contribution >= 0.6 is 11.6 Å². The highest BCUT2D eigenvalue weighted by Gasteiger charge is 2.21. The monoisotopic (exact) mass is 284 g/mol. The van der Waals surface area contributed by atoms with Crippen molar-refractivity contribution in [3.05, 3.63) is 47.7 Å². The van der Waals surface area contributed by atoms with Crippen LogP contribution in [0.4, 0.5) is 5.69 Å². The van der Waals surface area contributed by atoms with Crippen LogP contribution in [0.5, 0.6) is 5.75 Å². The second-order valence-corrected chi connectivity index (χ2v) is 5.24. The average Bonchev–Trinajstić information content (AvgIpc) is 2.32. The summed E-state index contributed by atoms with van der Waals surface area (Å²) in [6, 6.07) is 9.05. The van der Waals surface area contributed by atoms with Gasteiger partial charge in [0.05, 0.1) is 5.69 Å². The van der Waals surface area contributed by atoms with Crippen LogP contribution in [-0.4, -0.2) is 13.4 Å². The molecule has 1 aromatic carbocycles. The summed E-state index contributed by atoms with van der Waals surface area (Å²) in [5.41, 5.74) is 5.83. The first-order valence-corrected chi connectivity index (χ1v) is 6.69. The Kier molecular flexibility index (Phi) is 3.40. The summed E-state index contributed by atoms with van der Waals surface area (Å²) >= 11 is 5.71. The molecule has 0 saturated heterocycles. The zero-order chi connectivity index (χ0) is 13.2. The maximum Gasteiger partial charge on any atom is 0.342 e. The number of aromatic nitrogens is 1. The number of nitrogens with zero attached hydrogens (tertiary/aromatic N) is 1. The predicted octanol–water partition coefficient (Wildman–Crippen LogP) is 2.08. The van der Waals surface area contributed by atoms with Crippen molar-refractivity contribution in [3.8, 4) is 5.75 Å². The van der Waals surface area contributed by atoms with E-state index in [-0.39, 0.29) is 21.5 Å². The molecule has 0 fully saturated rings. The fraction of sp³-hybridized carbons (Fsp3) is 0. The number of benzene rings is 1. The van der Waals surface area contributed by atoms with Crippen LogP contribution in [0.1, 0.15) is 0 Å². The quantitative estimate of drug-likeness (QED) is 0.530. The largest absolute Gasteiger partial charge is 0.396 e. The van der Waals surface area contributed by atoms with Crippen molar-refractivity contribution in [2.24, 2.45) is 0 Å². The first-order valence-electron chi connectivity index (χ1n) is 4.90. The molecule has 5 nitrogen and oxygen atoms in total. The van der Waals surface area contributed by atoms with Crippen molar-refractivity contribution in [3.63, 3.8) is 0 Å². The van der Waals surface area contributed by atoms with Crippen LogP contribution in [0.25, 0.3) is 0 Å². The normalized spacial score (nSPS) is 11.2. The van der Waals surface area contributed by atoms with Gasteiger partial charge in [-0.2, -0.15) is 8.42 Å². The lowest BCUT2D eigenvalue weighted by Crippen LogP contribution is -2.11. The van der Waals surface area contributed by atoms with Gasteiger partial charge in [0.25, 0.3) is 0 Å². The van der Waals surface area contributed by atoms with Gasteiger partial charge in [-0.25, -0.2) is 4.98 Å². The first kappa shape index (κ1) is 12.7. The number of pyridine rings is 1. The molecule has 0 atom stereocenters. The van der Waals surface area contributed by atoms with Gasteiger partial charge in [-0.1, -0.05) is 23.7 Å². The minimum Gasteiger partial charge on any atom is -0.396 e. The second-order valence-electron chi connectivity index (χ2n) is 3.37. The SMILES string of the molecule is Nc1ccccc1OS(=O)(=O)c1cccnc1Cl. The van der Waals surface area contributed by atoms with Crippen LogP contribution < -0.4 is 9.92 Å². The molecular weight excluding hydrogens is 276 g/mol. The standard InChI is InChI=1S/C11H9ClN2O3S/c12-11-10(6-3-7-14-11)18(15,16)17-9-5-2-1-4-8(9)13/h1-7H,13H2. The third kappa shape index (κ3) is 2.55. The van der Waals surface area contributed by atoms with Gasteiger partial charge in [-0.15, -0.1) is 0 Å². The van der Waals surface area contributed by atoms with E-state index in [2.05, 4.69) is 4.98 Å². The number of halogens is 1. The molecule has 0 aliphatic carbocycles. The molecule has 0 unspecified atom stereocenters. The van der Waals surface area contributed by atoms with Crippen molar-refractivity contribution >= 4 is 27.4 Å².